The van der Waals surface area contributed by atoms with E-state index in [-0.39, 0.29) is 18.9 Å². The molecule has 1 amide bonds. The Kier molecular flexibility index (Phi) is 5.76. The molecular formula is C15H21NO4S. The molecule has 1 aromatic rings. The van der Waals surface area contributed by atoms with Gasteiger partial charge in [-0.05, 0) is 37.3 Å². The van der Waals surface area contributed by atoms with Crippen molar-refractivity contribution in [3.05, 3.63) is 21.4 Å². The lowest BCUT2D eigenvalue weighted by Crippen LogP contribution is -2.41. The number of hydrogen-bond acceptors (Lipinski definition) is 4. The van der Waals surface area contributed by atoms with Gasteiger partial charge < -0.3 is 15.5 Å². The largest absolute Gasteiger partial charge is 0.480 e. The van der Waals surface area contributed by atoms with Gasteiger partial charge >= 0.3 is 5.97 Å². The number of carboxylic acid groups (broad SMARTS) is 1. The van der Waals surface area contributed by atoms with Gasteiger partial charge in [0.15, 0.2) is 0 Å². The normalized spacial score (nSPS) is 16.4. The second-order valence-corrected chi connectivity index (χ2v) is 6.49. The SMILES string of the molecule is O=C(NC(CCO)C(=O)O)c1cc2c(s1)CCCCCC2. The van der Waals surface area contributed by atoms with Crippen molar-refractivity contribution in [1.82, 2.24) is 5.32 Å². The van der Waals surface area contributed by atoms with Gasteiger partial charge in [-0.25, -0.2) is 4.79 Å². The van der Waals surface area contributed by atoms with Crippen LogP contribution < -0.4 is 5.32 Å². The van der Waals surface area contributed by atoms with Crippen LogP contribution in [-0.2, 0) is 17.6 Å². The number of carbonyl (C=O) groups excluding carboxylic acids is 1. The van der Waals surface area contributed by atoms with E-state index in [1.807, 2.05) is 6.07 Å². The van der Waals surface area contributed by atoms with Crippen LogP contribution in [-0.4, -0.2) is 34.7 Å². The highest BCUT2D eigenvalue weighted by Crippen LogP contribution is 2.28. The molecule has 0 saturated carbocycles. The molecule has 0 spiro atoms. The van der Waals surface area contributed by atoms with Crippen LogP contribution in [0.5, 0.6) is 0 Å². The minimum absolute atomic E-state index is 0.0200. The lowest BCUT2D eigenvalue weighted by atomic mass is 10.00. The second kappa shape index (κ2) is 7.56. The number of aryl methyl sites for hydroxylation is 2. The predicted octanol–water partition coefficient (Wildman–Crippen LogP) is 1.97. The van der Waals surface area contributed by atoms with E-state index in [9.17, 15) is 9.59 Å². The van der Waals surface area contributed by atoms with Gasteiger partial charge in [-0.3, -0.25) is 4.79 Å². The maximum absolute atomic E-state index is 12.2. The Balaban J connectivity index is 2.08. The van der Waals surface area contributed by atoms with E-state index in [1.165, 1.54) is 34.6 Å². The summed E-state index contributed by atoms with van der Waals surface area (Å²) in [6.45, 7) is -0.266. The van der Waals surface area contributed by atoms with Gasteiger partial charge in [0, 0.05) is 17.9 Å². The number of aliphatic hydroxyl groups is 1. The molecule has 1 aliphatic carbocycles. The number of thiophene rings is 1. The van der Waals surface area contributed by atoms with Gasteiger partial charge in [0.2, 0.25) is 0 Å². The number of hydrogen-bond donors (Lipinski definition) is 3. The maximum atomic E-state index is 12.2. The molecule has 1 aromatic heterocycles. The van der Waals surface area contributed by atoms with E-state index in [0.29, 0.717) is 4.88 Å². The molecule has 1 unspecified atom stereocenters. The summed E-state index contributed by atoms with van der Waals surface area (Å²) in [5.74, 6) is -1.47. The number of rotatable bonds is 5. The predicted molar refractivity (Wildman–Crippen MR) is 80.8 cm³/mol. The van der Waals surface area contributed by atoms with Gasteiger partial charge in [-0.1, -0.05) is 12.8 Å². The third-order valence-corrected chi connectivity index (χ3v) is 4.98. The summed E-state index contributed by atoms with van der Waals surface area (Å²) in [7, 11) is 0. The number of aliphatic carboxylic acids is 1. The van der Waals surface area contributed by atoms with E-state index in [4.69, 9.17) is 10.2 Å². The first-order chi connectivity index (χ1) is 10.1. The zero-order valence-electron chi connectivity index (χ0n) is 11.9. The lowest BCUT2D eigenvalue weighted by molar-refractivity contribution is -0.139. The van der Waals surface area contributed by atoms with Gasteiger partial charge in [0.05, 0.1) is 4.88 Å². The first-order valence-corrected chi connectivity index (χ1v) is 8.19. The fraction of sp³-hybridized carbons (Fsp3) is 0.600. The summed E-state index contributed by atoms with van der Waals surface area (Å²) in [5, 5.41) is 20.4. The minimum atomic E-state index is -1.12. The van der Waals surface area contributed by atoms with Crippen LogP contribution in [0.1, 0.15) is 52.2 Å². The van der Waals surface area contributed by atoms with Crippen molar-refractivity contribution < 1.29 is 19.8 Å². The minimum Gasteiger partial charge on any atom is -0.480 e. The zero-order chi connectivity index (χ0) is 15.2. The Hall–Kier alpha value is -1.40. The summed E-state index contributed by atoms with van der Waals surface area (Å²) >= 11 is 1.47. The highest BCUT2D eigenvalue weighted by Gasteiger charge is 2.22. The lowest BCUT2D eigenvalue weighted by Gasteiger charge is -2.12. The van der Waals surface area contributed by atoms with Crippen molar-refractivity contribution in [3.63, 3.8) is 0 Å². The van der Waals surface area contributed by atoms with Crippen molar-refractivity contribution in [2.75, 3.05) is 6.61 Å². The van der Waals surface area contributed by atoms with E-state index in [1.54, 1.807) is 0 Å². The van der Waals surface area contributed by atoms with Crippen molar-refractivity contribution in [2.24, 2.45) is 0 Å². The van der Waals surface area contributed by atoms with Gasteiger partial charge in [0.25, 0.3) is 5.91 Å². The van der Waals surface area contributed by atoms with E-state index >= 15 is 0 Å². The number of carbonyl (C=O) groups is 2. The molecule has 0 fully saturated rings. The molecule has 0 aromatic carbocycles. The first kappa shape index (κ1) is 16.0. The maximum Gasteiger partial charge on any atom is 0.326 e. The summed E-state index contributed by atoms with van der Waals surface area (Å²) in [6, 6.07) is 0.866. The Morgan fingerprint density at radius 2 is 1.95 bits per heavy atom. The highest BCUT2D eigenvalue weighted by molar-refractivity contribution is 7.14. The molecule has 2 rings (SSSR count). The Morgan fingerprint density at radius 1 is 1.24 bits per heavy atom. The smallest absolute Gasteiger partial charge is 0.326 e. The monoisotopic (exact) mass is 311 g/mol. The molecule has 5 nitrogen and oxygen atoms in total. The van der Waals surface area contributed by atoms with Crippen LogP contribution in [0.4, 0.5) is 0 Å². The quantitative estimate of drug-likeness (QED) is 0.776. The van der Waals surface area contributed by atoms with Crippen molar-refractivity contribution in [2.45, 2.75) is 51.0 Å². The molecule has 0 saturated heterocycles. The van der Waals surface area contributed by atoms with Crippen LogP contribution in [0, 0.1) is 0 Å². The molecule has 1 aliphatic rings. The number of nitrogens with one attached hydrogen (secondary N) is 1. The summed E-state index contributed by atoms with van der Waals surface area (Å²) < 4.78 is 0. The molecule has 0 aliphatic heterocycles. The summed E-state index contributed by atoms with van der Waals surface area (Å²) in [4.78, 5) is 25.0. The van der Waals surface area contributed by atoms with Crippen LogP contribution in [0.3, 0.4) is 0 Å². The molecular weight excluding hydrogens is 290 g/mol. The first-order valence-electron chi connectivity index (χ1n) is 7.38. The number of fused-ring (bicyclic) bond motifs is 1. The summed E-state index contributed by atoms with van der Waals surface area (Å²) in [6.07, 6.45) is 6.78. The van der Waals surface area contributed by atoms with Crippen LogP contribution in [0.15, 0.2) is 6.07 Å². The van der Waals surface area contributed by atoms with E-state index in [0.717, 1.165) is 25.7 Å². The van der Waals surface area contributed by atoms with E-state index < -0.39 is 12.0 Å². The van der Waals surface area contributed by atoms with Gasteiger partial charge in [-0.2, -0.15) is 0 Å². The molecule has 1 heterocycles. The third kappa shape index (κ3) is 4.28. The third-order valence-electron chi connectivity index (χ3n) is 3.74. The molecule has 116 valence electrons. The average molecular weight is 311 g/mol. The number of aliphatic hydroxyl groups excluding tert-OH is 1. The molecule has 21 heavy (non-hydrogen) atoms. The Labute approximate surface area is 128 Å². The van der Waals surface area contributed by atoms with Gasteiger partial charge in [-0.15, -0.1) is 11.3 Å². The van der Waals surface area contributed by atoms with Crippen molar-refractivity contribution >= 4 is 23.2 Å². The van der Waals surface area contributed by atoms with Gasteiger partial charge in [0.1, 0.15) is 6.04 Å². The number of carboxylic acids is 1. The van der Waals surface area contributed by atoms with E-state index in [2.05, 4.69) is 5.32 Å². The zero-order valence-corrected chi connectivity index (χ0v) is 12.7. The second-order valence-electron chi connectivity index (χ2n) is 5.35. The number of amides is 1. The molecule has 6 heteroatoms. The summed E-state index contributed by atoms with van der Waals surface area (Å²) in [5.41, 5.74) is 1.24. The molecule has 3 N–H and O–H groups in total. The Bertz CT molecular complexity index is 486. The van der Waals surface area contributed by atoms with Crippen LogP contribution in [0.25, 0.3) is 0 Å². The van der Waals surface area contributed by atoms with Crippen molar-refractivity contribution in [1.29, 1.82) is 0 Å². The fourth-order valence-electron chi connectivity index (χ4n) is 2.57. The highest BCUT2D eigenvalue weighted by atomic mass is 32.1. The standard InChI is InChI=1S/C15H21NO4S/c17-8-7-11(15(19)20)16-14(18)13-9-10-5-3-1-2-4-6-12(10)21-13/h9,11,17H,1-8H2,(H,16,18)(H,19,20). The Morgan fingerprint density at radius 3 is 2.62 bits per heavy atom. The topological polar surface area (TPSA) is 86.6 Å². The van der Waals surface area contributed by atoms with Crippen molar-refractivity contribution in [3.8, 4) is 0 Å². The molecule has 1 atom stereocenters. The van der Waals surface area contributed by atoms with Crippen LogP contribution in [0.2, 0.25) is 0 Å². The average Bonchev–Trinajstić information content (AvgIpc) is 2.80. The molecule has 0 radical (unpaired) electrons. The fourth-order valence-corrected chi connectivity index (χ4v) is 3.73. The molecule has 0 bridgehead atoms. The van der Waals surface area contributed by atoms with Crippen LogP contribution >= 0.6 is 11.3 Å².